The lowest BCUT2D eigenvalue weighted by atomic mass is 10.1. The van der Waals surface area contributed by atoms with E-state index in [9.17, 15) is 9.59 Å². The van der Waals surface area contributed by atoms with E-state index in [1.807, 2.05) is 18.2 Å². The van der Waals surface area contributed by atoms with Crippen LogP contribution < -0.4 is 10.1 Å². The van der Waals surface area contributed by atoms with Crippen molar-refractivity contribution in [1.29, 1.82) is 0 Å². The Morgan fingerprint density at radius 2 is 1.66 bits per heavy atom. The van der Waals surface area contributed by atoms with Gasteiger partial charge in [-0.1, -0.05) is 54.1 Å². The maximum Gasteiger partial charge on any atom is 0.339 e. The van der Waals surface area contributed by atoms with Crippen molar-refractivity contribution in [2.24, 2.45) is 0 Å². The van der Waals surface area contributed by atoms with Gasteiger partial charge in [0.05, 0.1) is 38.2 Å². The number of aryl methyl sites for hydroxylation is 1. The molecule has 0 spiro atoms. The molecule has 1 saturated heterocycles. The van der Waals surface area contributed by atoms with Crippen molar-refractivity contribution in [1.82, 2.24) is 9.80 Å². The maximum atomic E-state index is 12.9. The highest BCUT2D eigenvalue weighted by atomic mass is 16.5. The van der Waals surface area contributed by atoms with Crippen LogP contribution >= 0.6 is 0 Å². The number of nitrogens with zero attached hydrogens (tertiary/aromatic N) is 2. The van der Waals surface area contributed by atoms with E-state index < -0.39 is 5.97 Å². The van der Waals surface area contributed by atoms with Crippen molar-refractivity contribution >= 4 is 17.7 Å². The summed E-state index contributed by atoms with van der Waals surface area (Å²) in [6, 6.07) is 22.9. The standard InChI is InChI=1S/C30H35N3O5/c1-22-11-13-23(14-12-22)21-38-28(24-7-6-8-25(19-24)36-2)20-32-15-17-33(18-16-32)30(35)31-27-10-5-4-9-26(27)29(34)37-3/h4-14,19,28H,15-18,20-21H2,1-3H3,(H,31,35)/t28-/m1/s1. The third-order valence-electron chi connectivity index (χ3n) is 6.69. The van der Waals surface area contributed by atoms with Gasteiger partial charge >= 0.3 is 12.0 Å². The van der Waals surface area contributed by atoms with E-state index in [1.165, 1.54) is 12.7 Å². The first-order valence-corrected chi connectivity index (χ1v) is 12.7. The first kappa shape index (κ1) is 27.2. The number of anilines is 1. The Morgan fingerprint density at radius 1 is 0.921 bits per heavy atom. The fourth-order valence-electron chi connectivity index (χ4n) is 4.42. The van der Waals surface area contributed by atoms with Gasteiger partial charge in [-0.15, -0.1) is 0 Å². The van der Waals surface area contributed by atoms with Crippen LogP contribution in [-0.4, -0.2) is 68.7 Å². The number of ether oxygens (including phenoxy) is 3. The van der Waals surface area contributed by atoms with Gasteiger partial charge in [-0.2, -0.15) is 0 Å². The summed E-state index contributed by atoms with van der Waals surface area (Å²) in [6.07, 6.45) is -0.154. The van der Waals surface area contributed by atoms with Gasteiger partial charge in [0, 0.05) is 32.7 Å². The molecule has 8 heteroatoms. The van der Waals surface area contributed by atoms with Gasteiger partial charge < -0.3 is 24.4 Å². The lowest BCUT2D eigenvalue weighted by Crippen LogP contribution is -2.51. The molecule has 8 nitrogen and oxygen atoms in total. The van der Waals surface area contributed by atoms with Crippen molar-refractivity contribution in [3.05, 3.63) is 95.1 Å². The highest BCUT2D eigenvalue weighted by Crippen LogP contribution is 2.25. The molecule has 0 aromatic heterocycles. The largest absolute Gasteiger partial charge is 0.497 e. The summed E-state index contributed by atoms with van der Waals surface area (Å²) < 4.78 is 16.7. The van der Waals surface area contributed by atoms with Crippen LogP contribution in [0.5, 0.6) is 5.75 Å². The van der Waals surface area contributed by atoms with E-state index in [0.29, 0.717) is 50.6 Å². The number of para-hydroxylation sites is 1. The number of rotatable bonds is 9. The molecule has 0 radical (unpaired) electrons. The third-order valence-corrected chi connectivity index (χ3v) is 6.69. The zero-order chi connectivity index (χ0) is 26.9. The van der Waals surface area contributed by atoms with Crippen LogP contribution in [0.25, 0.3) is 0 Å². The van der Waals surface area contributed by atoms with Gasteiger partial charge in [-0.3, -0.25) is 4.90 Å². The Balaban J connectivity index is 1.37. The van der Waals surface area contributed by atoms with Gasteiger partial charge in [-0.25, -0.2) is 9.59 Å². The first-order chi connectivity index (χ1) is 18.5. The van der Waals surface area contributed by atoms with Gasteiger partial charge in [0.2, 0.25) is 0 Å². The monoisotopic (exact) mass is 517 g/mol. The molecule has 1 N–H and O–H groups in total. The molecule has 0 unspecified atom stereocenters. The second-order valence-corrected chi connectivity index (χ2v) is 9.32. The van der Waals surface area contributed by atoms with Crippen LogP contribution in [0, 0.1) is 6.92 Å². The average molecular weight is 518 g/mol. The van der Waals surface area contributed by atoms with Crippen molar-refractivity contribution in [3.63, 3.8) is 0 Å². The van der Waals surface area contributed by atoms with E-state index in [4.69, 9.17) is 14.2 Å². The summed E-state index contributed by atoms with van der Waals surface area (Å²) in [5, 5.41) is 2.86. The molecule has 38 heavy (non-hydrogen) atoms. The van der Waals surface area contributed by atoms with E-state index >= 15 is 0 Å². The number of piperazine rings is 1. The Kier molecular flexibility index (Phi) is 9.35. The van der Waals surface area contributed by atoms with Crippen molar-refractivity contribution in [2.45, 2.75) is 19.6 Å². The predicted octanol–water partition coefficient (Wildman–Crippen LogP) is 4.90. The minimum atomic E-state index is -0.486. The number of esters is 1. The molecule has 1 atom stereocenters. The van der Waals surface area contributed by atoms with E-state index in [0.717, 1.165) is 16.9 Å². The predicted molar refractivity (Wildman–Crippen MR) is 147 cm³/mol. The molecule has 3 aromatic carbocycles. The quantitative estimate of drug-likeness (QED) is 0.407. The van der Waals surface area contributed by atoms with E-state index in [-0.39, 0.29) is 12.1 Å². The number of carbonyl (C=O) groups is 2. The van der Waals surface area contributed by atoms with Crippen LogP contribution in [0.15, 0.2) is 72.8 Å². The molecule has 0 aliphatic carbocycles. The van der Waals surface area contributed by atoms with Crippen molar-refractivity contribution in [3.8, 4) is 5.75 Å². The molecule has 2 amide bonds. The minimum Gasteiger partial charge on any atom is -0.497 e. The zero-order valence-corrected chi connectivity index (χ0v) is 22.2. The number of benzene rings is 3. The van der Waals surface area contributed by atoms with Gasteiger partial charge in [-0.05, 0) is 42.3 Å². The Bertz CT molecular complexity index is 1220. The molecule has 1 heterocycles. The molecule has 4 rings (SSSR count). The Hall–Kier alpha value is -3.88. The number of urea groups is 1. The number of amides is 2. The smallest absolute Gasteiger partial charge is 0.339 e. The molecule has 3 aromatic rings. The Labute approximate surface area is 224 Å². The fourth-order valence-corrected chi connectivity index (χ4v) is 4.42. The average Bonchev–Trinajstić information content (AvgIpc) is 2.96. The second kappa shape index (κ2) is 13.1. The van der Waals surface area contributed by atoms with Crippen molar-refractivity contribution in [2.75, 3.05) is 52.3 Å². The topological polar surface area (TPSA) is 80.3 Å². The normalized spacial score (nSPS) is 14.6. The highest BCUT2D eigenvalue weighted by Gasteiger charge is 2.25. The van der Waals surface area contributed by atoms with Gasteiger partial charge in [0.1, 0.15) is 5.75 Å². The molecule has 1 fully saturated rings. The lowest BCUT2D eigenvalue weighted by Gasteiger charge is -2.36. The molecular weight excluding hydrogens is 482 g/mol. The summed E-state index contributed by atoms with van der Waals surface area (Å²) in [4.78, 5) is 29.1. The summed E-state index contributed by atoms with van der Waals surface area (Å²) in [7, 11) is 2.98. The second-order valence-electron chi connectivity index (χ2n) is 9.32. The van der Waals surface area contributed by atoms with Gasteiger partial charge in [0.25, 0.3) is 0 Å². The SMILES string of the molecule is COC(=O)c1ccccc1NC(=O)N1CCN(C[C@@H](OCc2ccc(C)cc2)c2cccc(OC)c2)CC1. The number of nitrogens with one attached hydrogen (secondary N) is 1. The number of carbonyl (C=O) groups excluding carboxylic acids is 2. The van der Waals surface area contributed by atoms with E-state index in [1.54, 1.807) is 36.3 Å². The fraction of sp³-hybridized carbons (Fsp3) is 0.333. The number of hydrogen-bond donors (Lipinski definition) is 1. The summed E-state index contributed by atoms with van der Waals surface area (Å²) >= 11 is 0. The van der Waals surface area contributed by atoms with Crippen LogP contribution in [0.4, 0.5) is 10.5 Å². The third kappa shape index (κ3) is 7.12. The zero-order valence-electron chi connectivity index (χ0n) is 22.2. The molecule has 200 valence electrons. The summed E-state index contributed by atoms with van der Waals surface area (Å²) in [6.45, 7) is 5.82. The molecule has 0 saturated carbocycles. The number of hydrogen-bond acceptors (Lipinski definition) is 6. The molecule has 1 aliphatic rings. The van der Waals surface area contributed by atoms with Crippen molar-refractivity contribution < 1.29 is 23.8 Å². The summed E-state index contributed by atoms with van der Waals surface area (Å²) in [5.41, 5.74) is 4.16. The highest BCUT2D eigenvalue weighted by molar-refractivity contribution is 6.00. The molecule has 1 aliphatic heterocycles. The first-order valence-electron chi connectivity index (χ1n) is 12.7. The van der Waals surface area contributed by atoms with Gasteiger partial charge in [0.15, 0.2) is 0 Å². The Morgan fingerprint density at radius 3 is 2.37 bits per heavy atom. The van der Waals surface area contributed by atoms with Crippen LogP contribution in [0.2, 0.25) is 0 Å². The number of methoxy groups -OCH3 is 2. The molecule has 0 bridgehead atoms. The lowest BCUT2D eigenvalue weighted by molar-refractivity contribution is 0.00584. The molecular formula is C30H35N3O5. The maximum absolute atomic E-state index is 12.9. The summed E-state index contributed by atoms with van der Waals surface area (Å²) in [5.74, 6) is 0.306. The van der Waals surface area contributed by atoms with E-state index in [2.05, 4.69) is 47.5 Å². The van der Waals surface area contributed by atoms with Crippen LogP contribution in [-0.2, 0) is 16.1 Å². The van der Waals surface area contributed by atoms with Crippen LogP contribution in [0.1, 0.15) is 33.2 Å². The minimum absolute atomic E-state index is 0.154. The van der Waals surface area contributed by atoms with Crippen LogP contribution in [0.3, 0.4) is 0 Å².